The van der Waals surface area contributed by atoms with E-state index in [1.54, 1.807) is 47.4 Å². The number of aryl methyl sites for hydroxylation is 1. The Morgan fingerprint density at radius 2 is 1.51 bits per heavy atom. The molecule has 0 radical (unpaired) electrons. The van der Waals surface area contributed by atoms with Gasteiger partial charge in [-0.15, -0.1) is 0 Å². The smallest absolute Gasteiger partial charge is 0.262 e. The molecule has 2 aliphatic heterocycles. The lowest BCUT2D eigenvalue weighted by Gasteiger charge is -2.50. The predicted octanol–water partition coefficient (Wildman–Crippen LogP) is 5.58. The van der Waals surface area contributed by atoms with E-state index in [2.05, 4.69) is 6.92 Å². The molecule has 0 aromatic heterocycles. The number of amides is 3. The highest BCUT2D eigenvalue weighted by molar-refractivity contribution is 6.30. The van der Waals surface area contributed by atoms with Gasteiger partial charge in [0.2, 0.25) is 0 Å². The number of carbonyl (C=O) groups is 3. The number of fused-ring (bicyclic) bond motifs is 1. The first-order valence-corrected chi connectivity index (χ1v) is 12.1. The van der Waals surface area contributed by atoms with Gasteiger partial charge in [0.1, 0.15) is 11.8 Å². The van der Waals surface area contributed by atoms with Gasteiger partial charge in [0, 0.05) is 10.7 Å². The minimum absolute atomic E-state index is 0.307. The van der Waals surface area contributed by atoms with Crippen molar-refractivity contribution in [1.82, 2.24) is 4.90 Å². The van der Waals surface area contributed by atoms with Crippen LogP contribution in [-0.2, 0) is 4.79 Å². The van der Waals surface area contributed by atoms with Gasteiger partial charge >= 0.3 is 0 Å². The lowest BCUT2D eigenvalue weighted by molar-refractivity contribution is -0.130. The Bertz CT molecular complexity index is 1290. The van der Waals surface area contributed by atoms with Crippen LogP contribution in [0.2, 0.25) is 5.02 Å². The van der Waals surface area contributed by atoms with Gasteiger partial charge in [-0.2, -0.15) is 0 Å². The summed E-state index contributed by atoms with van der Waals surface area (Å²) in [5.74, 6) is -0.459. The third-order valence-electron chi connectivity index (χ3n) is 6.58. The Kier molecular flexibility index (Phi) is 6.07. The van der Waals surface area contributed by atoms with Crippen molar-refractivity contribution in [2.24, 2.45) is 0 Å². The molecule has 0 bridgehead atoms. The molecule has 0 spiro atoms. The summed E-state index contributed by atoms with van der Waals surface area (Å²) in [5, 5.41) is 0.571. The molecule has 3 aromatic rings. The molecular weight excluding hydrogens is 464 g/mol. The van der Waals surface area contributed by atoms with Crippen molar-refractivity contribution in [2.75, 3.05) is 11.5 Å². The van der Waals surface area contributed by atoms with Gasteiger partial charge in [-0.3, -0.25) is 19.3 Å². The SMILES string of the molecule is CCCCOc1ccc([C@H]2[C@@H](N3C(=O)c4ccccc4C3=O)C(=O)N2c2ccc(Cl)cc2C)cc1. The van der Waals surface area contributed by atoms with Crippen LogP contribution in [-0.4, -0.2) is 35.3 Å². The first-order valence-electron chi connectivity index (χ1n) is 11.7. The minimum Gasteiger partial charge on any atom is -0.494 e. The Labute approximate surface area is 209 Å². The summed E-state index contributed by atoms with van der Waals surface area (Å²) >= 11 is 6.15. The van der Waals surface area contributed by atoms with Crippen molar-refractivity contribution in [2.45, 2.75) is 38.8 Å². The quantitative estimate of drug-likeness (QED) is 0.247. The molecule has 35 heavy (non-hydrogen) atoms. The lowest BCUT2D eigenvalue weighted by atomic mass is 9.85. The third-order valence-corrected chi connectivity index (χ3v) is 6.81. The second-order valence-electron chi connectivity index (χ2n) is 8.83. The van der Waals surface area contributed by atoms with Crippen molar-refractivity contribution in [3.8, 4) is 5.75 Å². The molecule has 3 aromatic carbocycles. The topological polar surface area (TPSA) is 66.9 Å². The van der Waals surface area contributed by atoms with E-state index < -0.39 is 23.9 Å². The second kappa shape index (κ2) is 9.19. The number of hydrogen-bond donors (Lipinski definition) is 0. The Morgan fingerprint density at radius 3 is 2.11 bits per heavy atom. The number of imide groups is 1. The lowest BCUT2D eigenvalue weighted by Crippen LogP contribution is -2.67. The van der Waals surface area contributed by atoms with Crippen LogP contribution in [0, 0.1) is 6.92 Å². The van der Waals surface area contributed by atoms with Crippen LogP contribution in [0.25, 0.3) is 0 Å². The number of nitrogens with zero attached hydrogens (tertiary/aromatic N) is 2. The molecule has 1 saturated heterocycles. The van der Waals surface area contributed by atoms with E-state index in [0.717, 1.165) is 34.6 Å². The Hall–Kier alpha value is -3.64. The van der Waals surface area contributed by atoms with Crippen LogP contribution >= 0.6 is 11.6 Å². The largest absolute Gasteiger partial charge is 0.494 e. The molecule has 7 heteroatoms. The van der Waals surface area contributed by atoms with Crippen molar-refractivity contribution >= 4 is 35.0 Å². The molecule has 0 aliphatic carbocycles. The van der Waals surface area contributed by atoms with Gasteiger partial charge in [-0.25, -0.2) is 0 Å². The molecule has 2 aliphatic rings. The highest BCUT2D eigenvalue weighted by atomic mass is 35.5. The zero-order valence-corrected chi connectivity index (χ0v) is 20.3. The molecule has 1 fully saturated rings. The fourth-order valence-electron chi connectivity index (χ4n) is 4.77. The summed E-state index contributed by atoms with van der Waals surface area (Å²) in [6.07, 6.45) is 2.00. The summed E-state index contributed by atoms with van der Waals surface area (Å²) in [6, 6.07) is 18.0. The number of unbranched alkanes of at least 4 members (excludes halogenated alkanes) is 1. The van der Waals surface area contributed by atoms with E-state index >= 15 is 0 Å². The van der Waals surface area contributed by atoms with Gasteiger partial charge in [-0.05, 0) is 66.9 Å². The van der Waals surface area contributed by atoms with Crippen LogP contribution in [0.3, 0.4) is 0 Å². The molecule has 0 unspecified atom stereocenters. The number of β-lactam (4-membered cyclic amide) rings is 1. The van der Waals surface area contributed by atoms with E-state index in [1.807, 2.05) is 31.2 Å². The summed E-state index contributed by atoms with van der Waals surface area (Å²) in [4.78, 5) is 42.8. The van der Waals surface area contributed by atoms with Crippen LogP contribution in [0.15, 0.2) is 66.7 Å². The number of ether oxygens (including phenoxy) is 1. The molecule has 3 amide bonds. The van der Waals surface area contributed by atoms with Gasteiger partial charge < -0.3 is 9.64 Å². The number of anilines is 1. The van der Waals surface area contributed by atoms with Gasteiger partial charge in [0.25, 0.3) is 17.7 Å². The highest BCUT2D eigenvalue weighted by Gasteiger charge is 2.57. The summed E-state index contributed by atoms with van der Waals surface area (Å²) < 4.78 is 5.79. The number of halogens is 1. The minimum atomic E-state index is -0.940. The Morgan fingerprint density at radius 1 is 0.857 bits per heavy atom. The van der Waals surface area contributed by atoms with E-state index in [9.17, 15) is 14.4 Å². The fraction of sp³-hybridized carbons (Fsp3) is 0.250. The Balaban J connectivity index is 1.53. The molecule has 6 nitrogen and oxygen atoms in total. The summed E-state index contributed by atoms with van der Waals surface area (Å²) in [5.41, 5.74) is 2.98. The average molecular weight is 489 g/mol. The molecule has 0 saturated carbocycles. The van der Waals surface area contributed by atoms with Crippen LogP contribution in [0.4, 0.5) is 5.69 Å². The number of rotatable bonds is 7. The van der Waals surface area contributed by atoms with E-state index in [4.69, 9.17) is 16.3 Å². The third kappa shape index (κ3) is 3.88. The van der Waals surface area contributed by atoms with Gasteiger partial charge in [0.15, 0.2) is 0 Å². The first-order chi connectivity index (χ1) is 16.9. The fourth-order valence-corrected chi connectivity index (χ4v) is 5.00. The second-order valence-corrected chi connectivity index (χ2v) is 9.26. The zero-order chi connectivity index (χ0) is 24.7. The zero-order valence-electron chi connectivity index (χ0n) is 19.5. The van der Waals surface area contributed by atoms with Gasteiger partial charge in [-0.1, -0.05) is 49.2 Å². The maximum Gasteiger partial charge on any atom is 0.262 e. The van der Waals surface area contributed by atoms with Crippen LogP contribution < -0.4 is 9.64 Å². The molecule has 5 rings (SSSR count). The molecule has 0 N–H and O–H groups in total. The normalized spacial score (nSPS) is 19.1. The van der Waals surface area contributed by atoms with E-state index in [0.29, 0.717) is 28.4 Å². The maximum atomic E-state index is 13.6. The van der Waals surface area contributed by atoms with Crippen molar-refractivity contribution in [3.63, 3.8) is 0 Å². The molecule has 2 heterocycles. The molecule has 2 atom stereocenters. The number of benzene rings is 3. The monoisotopic (exact) mass is 488 g/mol. The van der Waals surface area contributed by atoms with E-state index in [1.165, 1.54) is 0 Å². The van der Waals surface area contributed by atoms with E-state index in [-0.39, 0.29) is 5.91 Å². The molecule has 178 valence electrons. The number of carbonyl (C=O) groups excluding carboxylic acids is 3. The predicted molar refractivity (Wildman–Crippen MR) is 134 cm³/mol. The average Bonchev–Trinajstić information content (AvgIpc) is 3.10. The van der Waals surface area contributed by atoms with Crippen molar-refractivity contribution < 1.29 is 19.1 Å². The van der Waals surface area contributed by atoms with Crippen molar-refractivity contribution in [3.05, 3.63) is 94.0 Å². The number of hydrogen-bond acceptors (Lipinski definition) is 4. The van der Waals surface area contributed by atoms with Crippen LogP contribution in [0.5, 0.6) is 5.75 Å². The summed E-state index contributed by atoms with van der Waals surface area (Å²) in [6.45, 7) is 4.61. The van der Waals surface area contributed by atoms with Crippen molar-refractivity contribution in [1.29, 1.82) is 0 Å². The molecular formula is C28H25ClN2O4. The standard InChI is InChI=1S/C28H25ClN2O4/c1-3-4-15-35-20-12-9-18(10-13-20)24-25(28(34)30(24)23-14-11-19(29)16-17(23)2)31-26(32)21-7-5-6-8-22(21)27(31)33/h5-14,16,24-25H,3-4,15H2,1-2H3/t24-,25+/m0/s1. The first kappa shape index (κ1) is 23.1. The van der Waals surface area contributed by atoms with Gasteiger partial charge in [0.05, 0.1) is 23.8 Å². The maximum absolute atomic E-state index is 13.6. The highest BCUT2D eigenvalue weighted by Crippen LogP contribution is 2.45. The van der Waals surface area contributed by atoms with Crippen LogP contribution in [0.1, 0.15) is 57.7 Å². The summed E-state index contributed by atoms with van der Waals surface area (Å²) in [7, 11) is 0.